The Hall–Kier alpha value is -0.0800. The van der Waals surface area contributed by atoms with Crippen LogP contribution in [0, 0.1) is 5.92 Å². The molecule has 1 N–H and O–H groups in total. The number of nitrogens with zero attached hydrogens (tertiary/aromatic N) is 1. The third-order valence-corrected chi connectivity index (χ3v) is 4.44. The molecule has 1 aliphatic carbocycles. The van der Waals surface area contributed by atoms with E-state index in [9.17, 15) is 0 Å². The second kappa shape index (κ2) is 4.06. The number of rotatable bonds is 2. The fourth-order valence-corrected chi connectivity index (χ4v) is 3.12. The highest BCUT2D eigenvalue weighted by Crippen LogP contribution is 2.40. The highest BCUT2D eigenvalue weighted by atomic mass is 15.3. The predicted molar refractivity (Wildman–Crippen MR) is 65.1 cm³/mol. The smallest absolute Gasteiger partial charge is 0.0249 e. The van der Waals surface area contributed by atoms with Crippen molar-refractivity contribution in [2.45, 2.75) is 64.6 Å². The molecule has 2 fully saturated rings. The number of hydrogen-bond donors (Lipinski definition) is 1. The Morgan fingerprint density at radius 2 is 2.00 bits per heavy atom. The minimum atomic E-state index is 0.519. The average molecular weight is 210 g/mol. The van der Waals surface area contributed by atoms with Gasteiger partial charge in [0.2, 0.25) is 0 Å². The van der Waals surface area contributed by atoms with Crippen molar-refractivity contribution >= 4 is 0 Å². The number of hydrogen-bond acceptors (Lipinski definition) is 2. The quantitative estimate of drug-likeness (QED) is 0.752. The Kier molecular flexibility index (Phi) is 3.09. The van der Waals surface area contributed by atoms with Crippen LogP contribution in [-0.4, -0.2) is 35.6 Å². The maximum atomic E-state index is 3.62. The van der Waals surface area contributed by atoms with Crippen LogP contribution in [0.5, 0.6) is 0 Å². The van der Waals surface area contributed by atoms with Crippen LogP contribution in [0.4, 0.5) is 0 Å². The van der Waals surface area contributed by atoms with E-state index < -0.39 is 0 Å². The van der Waals surface area contributed by atoms with Crippen LogP contribution in [0.3, 0.4) is 0 Å². The molecule has 88 valence electrons. The molecular formula is C13H26N2. The Bertz CT molecular complexity index is 221. The van der Waals surface area contributed by atoms with Gasteiger partial charge in [-0.3, -0.25) is 4.90 Å². The lowest BCUT2D eigenvalue weighted by Crippen LogP contribution is -2.66. The minimum absolute atomic E-state index is 0.519. The van der Waals surface area contributed by atoms with Crippen LogP contribution < -0.4 is 5.32 Å². The number of piperazine rings is 1. The molecule has 1 aliphatic heterocycles. The average Bonchev–Trinajstić information content (AvgIpc) is 2.13. The molecule has 2 rings (SSSR count). The largest absolute Gasteiger partial charge is 0.311 e. The molecule has 0 aromatic rings. The van der Waals surface area contributed by atoms with E-state index in [0.29, 0.717) is 11.6 Å². The predicted octanol–water partition coefficient (Wildman–Crippen LogP) is 2.25. The Labute approximate surface area is 94.4 Å². The SMILES string of the molecule is CC1CN(C2(C)CCC2)C(C(C)C)CN1. The minimum Gasteiger partial charge on any atom is -0.311 e. The van der Waals surface area contributed by atoms with Gasteiger partial charge in [-0.15, -0.1) is 0 Å². The van der Waals surface area contributed by atoms with Gasteiger partial charge in [0.15, 0.2) is 0 Å². The zero-order valence-corrected chi connectivity index (χ0v) is 10.7. The van der Waals surface area contributed by atoms with Crippen LogP contribution in [0.25, 0.3) is 0 Å². The standard InChI is InChI=1S/C13H26N2/c1-10(2)12-8-14-11(3)9-15(12)13(4)6-5-7-13/h10-12,14H,5-9H2,1-4H3. The van der Waals surface area contributed by atoms with E-state index in [-0.39, 0.29) is 0 Å². The van der Waals surface area contributed by atoms with Crippen molar-refractivity contribution in [1.29, 1.82) is 0 Å². The molecule has 0 amide bonds. The molecule has 2 aliphatic rings. The van der Waals surface area contributed by atoms with Crippen LogP contribution in [0.2, 0.25) is 0 Å². The van der Waals surface area contributed by atoms with Crippen molar-refractivity contribution < 1.29 is 0 Å². The summed E-state index contributed by atoms with van der Waals surface area (Å²) < 4.78 is 0. The third-order valence-electron chi connectivity index (χ3n) is 4.44. The summed E-state index contributed by atoms with van der Waals surface area (Å²) in [6, 6.07) is 1.41. The van der Waals surface area contributed by atoms with Crippen LogP contribution in [0.15, 0.2) is 0 Å². The molecular weight excluding hydrogens is 184 g/mol. The Balaban J connectivity index is 2.09. The molecule has 0 aromatic carbocycles. The van der Waals surface area contributed by atoms with Gasteiger partial charge < -0.3 is 5.32 Å². The maximum Gasteiger partial charge on any atom is 0.0249 e. The third kappa shape index (κ3) is 2.07. The van der Waals surface area contributed by atoms with E-state index in [1.807, 2.05) is 0 Å². The van der Waals surface area contributed by atoms with Gasteiger partial charge in [0, 0.05) is 30.7 Å². The van der Waals surface area contributed by atoms with Gasteiger partial charge in [-0.05, 0) is 39.0 Å². The fourth-order valence-electron chi connectivity index (χ4n) is 3.12. The van der Waals surface area contributed by atoms with Gasteiger partial charge in [-0.1, -0.05) is 13.8 Å². The normalized spacial score (nSPS) is 36.6. The van der Waals surface area contributed by atoms with Crippen molar-refractivity contribution in [2.75, 3.05) is 13.1 Å². The molecule has 1 saturated carbocycles. The van der Waals surface area contributed by atoms with Crippen molar-refractivity contribution in [1.82, 2.24) is 10.2 Å². The van der Waals surface area contributed by atoms with Crippen molar-refractivity contribution in [3.8, 4) is 0 Å². The van der Waals surface area contributed by atoms with Crippen LogP contribution >= 0.6 is 0 Å². The first-order valence-electron chi connectivity index (χ1n) is 6.53. The second-order valence-corrected chi connectivity index (χ2v) is 6.12. The van der Waals surface area contributed by atoms with Gasteiger partial charge in [0.25, 0.3) is 0 Å². The topological polar surface area (TPSA) is 15.3 Å². The maximum absolute atomic E-state index is 3.62. The molecule has 1 heterocycles. The monoisotopic (exact) mass is 210 g/mol. The van der Waals surface area contributed by atoms with E-state index in [1.165, 1.54) is 32.4 Å². The van der Waals surface area contributed by atoms with E-state index in [4.69, 9.17) is 0 Å². The lowest BCUT2D eigenvalue weighted by molar-refractivity contribution is -0.0407. The van der Waals surface area contributed by atoms with E-state index in [2.05, 4.69) is 37.9 Å². The summed E-state index contributed by atoms with van der Waals surface area (Å²) in [5, 5.41) is 3.62. The van der Waals surface area contributed by atoms with Gasteiger partial charge in [0.1, 0.15) is 0 Å². The molecule has 0 aromatic heterocycles. The van der Waals surface area contributed by atoms with Gasteiger partial charge in [0.05, 0.1) is 0 Å². The Morgan fingerprint density at radius 1 is 1.33 bits per heavy atom. The van der Waals surface area contributed by atoms with E-state index in [0.717, 1.165) is 12.0 Å². The van der Waals surface area contributed by atoms with Crippen molar-refractivity contribution in [3.05, 3.63) is 0 Å². The lowest BCUT2D eigenvalue weighted by Gasteiger charge is -2.55. The highest BCUT2D eigenvalue weighted by molar-refractivity contribution is 5.00. The van der Waals surface area contributed by atoms with E-state index in [1.54, 1.807) is 0 Å². The lowest BCUT2D eigenvalue weighted by atomic mass is 9.74. The Morgan fingerprint density at radius 3 is 2.47 bits per heavy atom. The van der Waals surface area contributed by atoms with Gasteiger partial charge in [-0.2, -0.15) is 0 Å². The first-order chi connectivity index (χ1) is 7.03. The summed E-state index contributed by atoms with van der Waals surface area (Å²) in [4.78, 5) is 2.79. The molecule has 1 saturated heterocycles. The van der Waals surface area contributed by atoms with Crippen molar-refractivity contribution in [2.24, 2.45) is 5.92 Å². The van der Waals surface area contributed by atoms with Gasteiger partial charge in [-0.25, -0.2) is 0 Å². The highest BCUT2D eigenvalue weighted by Gasteiger charge is 2.43. The first kappa shape index (κ1) is 11.4. The molecule has 0 bridgehead atoms. The number of nitrogens with one attached hydrogen (secondary N) is 1. The summed E-state index contributed by atoms with van der Waals surface area (Å²) in [7, 11) is 0. The van der Waals surface area contributed by atoms with Crippen LogP contribution in [-0.2, 0) is 0 Å². The molecule has 0 spiro atoms. The zero-order valence-electron chi connectivity index (χ0n) is 10.7. The summed E-state index contributed by atoms with van der Waals surface area (Å²) in [5.74, 6) is 0.766. The van der Waals surface area contributed by atoms with Gasteiger partial charge >= 0.3 is 0 Å². The summed E-state index contributed by atoms with van der Waals surface area (Å²) in [6.45, 7) is 11.9. The van der Waals surface area contributed by atoms with E-state index >= 15 is 0 Å². The second-order valence-electron chi connectivity index (χ2n) is 6.12. The molecule has 2 nitrogen and oxygen atoms in total. The molecule has 0 radical (unpaired) electrons. The molecule has 2 heteroatoms. The summed E-state index contributed by atoms with van der Waals surface area (Å²) in [6.07, 6.45) is 4.24. The van der Waals surface area contributed by atoms with Crippen molar-refractivity contribution in [3.63, 3.8) is 0 Å². The molecule has 2 unspecified atom stereocenters. The first-order valence-corrected chi connectivity index (χ1v) is 6.53. The van der Waals surface area contributed by atoms with Crippen LogP contribution in [0.1, 0.15) is 47.0 Å². The summed E-state index contributed by atoms with van der Waals surface area (Å²) in [5.41, 5.74) is 0.519. The molecule has 15 heavy (non-hydrogen) atoms. The summed E-state index contributed by atoms with van der Waals surface area (Å²) >= 11 is 0. The fraction of sp³-hybridized carbons (Fsp3) is 1.00. The zero-order chi connectivity index (χ0) is 11.1. The molecule has 2 atom stereocenters.